The molecule has 0 unspecified atom stereocenters. The fraction of sp³-hybridized carbons (Fsp3) is 0.462. The van der Waals surface area contributed by atoms with E-state index in [1.165, 1.54) is 0 Å². The Morgan fingerprint density at radius 3 is 2.86 bits per heavy atom. The van der Waals surface area contributed by atoms with Crippen molar-refractivity contribution in [2.45, 2.75) is 31.8 Å². The predicted octanol–water partition coefficient (Wildman–Crippen LogP) is 2.59. The van der Waals surface area contributed by atoms with E-state index >= 15 is 0 Å². The number of hydrogen-bond donors (Lipinski definition) is 3. The predicted molar refractivity (Wildman–Crippen MR) is 74.7 cm³/mol. The molecule has 2 rings (SSSR count). The van der Waals surface area contributed by atoms with Gasteiger partial charge >= 0.3 is 6.09 Å². The molecule has 1 amide bonds. The van der Waals surface area contributed by atoms with Gasteiger partial charge < -0.3 is 15.7 Å². The van der Waals surface area contributed by atoms with Gasteiger partial charge in [-0.3, -0.25) is 0 Å². The van der Waals surface area contributed by atoms with Gasteiger partial charge in [-0.1, -0.05) is 11.6 Å². The van der Waals surface area contributed by atoms with Crippen LogP contribution in [0.5, 0.6) is 0 Å². The number of carboxylic acid groups (broad SMARTS) is 1. The summed E-state index contributed by atoms with van der Waals surface area (Å²) in [5, 5.41) is 22.8. The van der Waals surface area contributed by atoms with Crippen LogP contribution < -0.4 is 10.6 Å². The summed E-state index contributed by atoms with van der Waals surface area (Å²) in [6.45, 7) is 1.74. The van der Waals surface area contributed by atoms with Crippen molar-refractivity contribution in [2.24, 2.45) is 5.92 Å². The van der Waals surface area contributed by atoms with E-state index in [1.54, 1.807) is 13.0 Å². The molecule has 1 saturated carbocycles. The molecule has 0 aromatic carbocycles. The SMILES string of the molecule is C[C@@H](Nc1nc(Cl)c(C#N)cc1F)[C@@H](NC(=O)O)C1CC1. The average Bonchev–Trinajstić information content (AvgIpc) is 3.23. The number of aromatic nitrogens is 1. The molecule has 6 nitrogen and oxygen atoms in total. The minimum absolute atomic E-state index is 0.0465. The topological polar surface area (TPSA) is 98.0 Å². The highest BCUT2D eigenvalue weighted by molar-refractivity contribution is 6.30. The first-order valence-corrected chi connectivity index (χ1v) is 6.82. The van der Waals surface area contributed by atoms with Crippen molar-refractivity contribution in [1.29, 1.82) is 5.26 Å². The third-order valence-corrected chi connectivity index (χ3v) is 3.66. The van der Waals surface area contributed by atoms with Gasteiger partial charge in [0.25, 0.3) is 0 Å². The number of hydrogen-bond acceptors (Lipinski definition) is 4. The lowest BCUT2D eigenvalue weighted by Crippen LogP contribution is -2.46. The molecular formula is C13H14ClFN4O2. The van der Waals surface area contributed by atoms with Crippen LogP contribution in [0.2, 0.25) is 5.15 Å². The van der Waals surface area contributed by atoms with E-state index in [4.69, 9.17) is 22.0 Å². The highest BCUT2D eigenvalue weighted by Crippen LogP contribution is 2.35. The molecule has 0 radical (unpaired) electrons. The van der Waals surface area contributed by atoms with Crippen LogP contribution in [0.1, 0.15) is 25.3 Å². The van der Waals surface area contributed by atoms with Gasteiger partial charge in [-0.05, 0) is 31.7 Å². The summed E-state index contributed by atoms with van der Waals surface area (Å²) >= 11 is 5.77. The van der Waals surface area contributed by atoms with Crippen molar-refractivity contribution < 1.29 is 14.3 Å². The van der Waals surface area contributed by atoms with Crippen molar-refractivity contribution in [3.63, 3.8) is 0 Å². The lowest BCUT2D eigenvalue weighted by atomic mass is 10.1. The molecule has 1 aliphatic rings. The molecule has 0 aliphatic heterocycles. The second kappa shape index (κ2) is 6.14. The van der Waals surface area contributed by atoms with E-state index in [1.807, 2.05) is 0 Å². The first-order chi connectivity index (χ1) is 9.92. The van der Waals surface area contributed by atoms with Crippen molar-refractivity contribution in [2.75, 3.05) is 5.32 Å². The van der Waals surface area contributed by atoms with Crippen LogP contribution in [0.15, 0.2) is 6.07 Å². The Hall–Kier alpha value is -2.07. The van der Waals surface area contributed by atoms with Crippen LogP contribution in [0.4, 0.5) is 15.0 Å². The summed E-state index contributed by atoms with van der Waals surface area (Å²) in [7, 11) is 0. The van der Waals surface area contributed by atoms with Crippen LogP contribution >= 0.6 is 11.6 Å². The van der Waals surface area contributed by atoms with Crippen molar-refractivity contribution >= 4 is 23.5 Å². The maximum atomic E-state index is 13.8. The van der Waals surface area contributed by atoms with E-state index in [0.717, 1.165) is 18.9 Å². The van der Waals surface area contributed by atoms with Gasteiger partial charge in [0.15, 0.2) is 11.6 Å². The Bertz CT molecular complexity index is 601. The molecule has 21 heavy (non-hydrogen) atoms. The molecule has 1 aromatic heterocycles. The fourth-order valence-corrected chi connectivity index (χ4v) is 2.38. The molecule has 8 heteroatoms. The van der Waals surface area contributed by atoms with Crippen LogP contribution in [0, 0.1) is 23.1 Å². The summed E-state index contributed by atoms with van der Waals surface area (Å²) in [4.78, 5) is 14.6. The molecule has 1 aliphatic carbocycles. The number of halogens is 2. The lowest BCUT2D eigenvalue weighted by molar-refractivity contribution is 0.186. The maximum absolute atomic E-state index is 13.8. The molecule has 0 saturated heterocycles. The highest BCUT2D eigenvalue weighted by atomic mass is 35.5. The summed E-state index contributed by atoms with van der Waals surface area (Å²) in [6.07, 6.45) is 0.744. The van der Waals surface area contributed by atoms with E-state index in [9.17, 15) is 9.18 Å². The molecular weight excluding hydrogens is 299 g/mol. The van der Waals surface area contributed by atoms with E-state index in [-0.39, 0.29) is 34.5 Å². The first-order valence-electron chi connectivity index (χ1n) is 6.44. The van der Waals surface area contributed by atoms with E-state index in [2.05, 4.69) is 15.6 Å². The molecule has 0 bridgehead atoms. The molecule has 112 valence electrons. The second-order valence-electron chi connectivity index (χ2n) is 5.01. The zero-order chi connectivity index (χ0) is 15.6. The molecule has 3 N–H and O–H groups in total. The molecule has 0 spiro atoms. The molecule has 1 fully saturated rings. The number of nitrogens with one attached hydrogen (secondary N) is 2. The third kappa shape index (κ3) is 3.73. The molecule has 1 aromatic rings. The number of amides is 1. The Kier molecular flexibility index (Phi) is 4.48. The van der Waals surface area contributed by atoms with Crippen LogP contribution in [-0.4, -0.2) is 28.3 Å². The van der Waals surface area contributed by atoms with Gasteiger partial charge in [-0.15, -0.1) is 0 Å². The average molecular weight is 313 g/mol. The van der Waals surface area contributed by atoms with Crippen LogP contribution in [0.25, 0.3) is 0 Å². The third-order valence-electron chi connectivity index (χ3n) is 3.37. The van der Waals surface area contributed by atoms with Crippen molar-refractivity contribution in [3.8, 4) is 6.07 Å². The minimum Gasteiger partial charge on any atom is -0.465 e. The Balaban J connectivity index is 2.14. The lowest BCUT2D eigenvalue weighted by Gasteiger charge is -2.25. The highest BCUT2D eigenvalue weighted by Gasteiger charge is 2.36. The normalized spacial score (nSPS) is 16.7. The smallest absolute Gasteiger partial charge is 0.404 e. The molecule has 1 heterocycles. The number of rotatable bonds is 5. The second-order valence-corrected chi connectivity index (χ2v) is 5.37. The zero-order valence-corrected chi connectivity index (χ0v) is 12.0. The zero-order valence-electron chi connectivity index (χ0n) is 11.2. The maximum Gasteiger partial charge on any atom is 0.404 e. The van der Waals surface area contributed by atoms with Gasteiger partial charge in [-0.2, -0.15) is 5.26 Å². The van der Waals surface area contributed by atoms with Gasteiger partial charge in [0.05, 0.1) is 11.6 Å². The first kappa shape index (κ1) is 15.3. The van der Waals surface area contributed by atoms with Crippen molar-refractivity contribution in [3.05, 3.63) is 22.6 Å². The van der Waals surface area contributed by atoms with Gasteiger partial charge in [0, 0.05) is 6.04 Å². The van der Waals surface area contributed by atoms with Gasteiger partial charge in [-0.25, -0.2) is 14.2 Å². The number of pyridine rings is 1. The largest absolute Gasteiger partial charge is 0.465 e. The Morgan fingerprint density at radius 2 is 2.33 bits per heavy atom. The Labute approximate surface area is 125 Å². The monoisotopic (exact) mass is 312 g/mol. The van der Waals surface area contributed by atoms with E-state index in [0.29, 0.717) is 0 Å². The van der Waals surface area contributed by atoms with E-state index < -0.39 is 11.9 Å². The standard InChI is InChI=1S/C13H14ClFN4O2/c1-6(10(7-2-3-7)18-13(20)21)17-12-9(15)4-8(5-16)11(14)19-12/h4,6-7,10,18H,2-3H2,1H3,(H,17,19)(H,20,21)/t6-,10-/m1/s1. The number of nitrogens with zero attached hydrogens (tertiary/aromatic N) is 2. The minimum atomic E-state index is -1.12. The molecule has 2 atom stereocenters. The summed E-state index contributed by atoms with van der Waals surface area (Å²) in [6, 6.07) is 2.05. The Morgan fingerprint density at radius 1 is 1.67 bits per heavy atom. The fourth-order valence-electron chi connectivity index (χ4n) is 2.20. The van der Waals surface area contributed by atoms with Gasteiger partial charge in [0.1, 0.15) is 11.2 Å². The number of carbonyl (C=O) groups is 1. The number of nitriles is 1. The van der Waals surface area contributed by atoms with Gasteiger partial charge in [0.2, 0.25) is 0 Å². The summed E-state index contributed by atoms with van der Waals surface area (Å²) in [5.74, 6) is -0.558. The quantitative estimate of drug-likeness (QED) is 0.726. The van der Waals surface area contributed by atoms with Crippen LogP contribution in [0.3, 0.4) is 0 Å². The summed E-state index contributed by atoms with van der Waals surface area (Å²) in [5.41, 5.74) is -0.0465. The number of anilines is 1. The van der Waals surface area contributed by atoms with Crippen molar-refractivity contribution in [1.82, 2.24) is 10.3 Å². The summed E-state index contributed by atoms with van der Waals surface area (Å²) < 4.78 is 13.8. The van der Waals surface area contributed by atoms with Crippen LogP contribution in [-0.2, 0) is 0 Å².